The summed E-state index contributed by atoms with van der Waals surface area (Å²) in [6, 6.07) is 10.9. The van der Waals surface area contributed by atoms with Crippen LogP contribution in [0.5, 0.6) is 5.75 Å². The first kappa shape index (κ1) is 26.5. The van der Waals surface area contributed by atoms with Crippen LogP contribution in [0.4, 0.5) is 5.69 Å². The van der Waals surface area contributed by atoms with Crippen LogP contribution in [0.1, 0.15) is 24.1 Å². The number of hydrogen-bond acceptors (Lipinski definition) is 8. The zero-order chi connectivity index (χ0) is 26.9. The highest BCUT2D eigenvalue weighted by atomic mass is 32.2. The van der Waals surface area contributed by atoms with Crippen LogP contribution in [0.2, 0.25) is 0 Å². The Morgan fingerprint density at radius 3 is 2.59 bits per heavy atom. The van der Waals surface area contributed by atoms with E-state index in [1.54, 1.807) is 37.3 Å². The average molecular weight is 547 g/mol. The molecule has 5 N–H and O–H groups in total. The maximum atomic E-state index is 13.5. The number of hydrogen-bond donors (Lipinski definition) is 5. The Labute approximate surface area is 218 Å². The first-order chi connectivity index (χ1) is 17.5. The van der Waals surface area contributed by atoms with Crippen LogP contribution in [-0.4, -0.2) is 64.7 Å². The van der Waals surface area contributed by atoms with Crippen molar-refractivity contribution in [2.45, 2.75) is 30.9 Å². The molecule has 0 aromatic heterocycles. The zero-order valence-corrected chi connectivity index (χ0v) is 21.6. The molecule has 3 atom stereocenters. The Balaban J connectivity index is 1.58. The second-order valence-electron chi connectivity index (χ2n) is 8.77. The monoisotopic (exact) mass is 546 g/mol. The molecule has 2 aliphatic heterocycles. The number of phenolic OH excluding ortho intramolecular Hbond substituents is 1. The normalized spacial score (nSPS) is 20.1. The van der Waals surface area contributed by atoms with E-state index in [1.807, 2.05) is 0 Å². The van der Waals surface area contributed by atoms with Gasteiger partial charge in [-0.2, -0.15) is 0 Å². The molecular weight excluding hydrogens is 520 g/mol. The van der Waals surface area contributed by atoms with Crippen LogP contribution in [0, 0.1) is 0 Å². The van der Waals surface area contributed by atoms with Crippen molar-refractivity contribution in [1.82, 2.24) is 15.5 Å². The lowest BCUT2D eigenvalue weighted by atomic mass is 10.0. The van der Waals surface area contributed by atoms with E-state index in [0.29, 0.717) is 22.5 Å². The average Bonchev–Trinajstić information content (AvgIpc) is 2.82. The van der Waals surface area contributed by atoms with Gasteiger partial charge in [-0.15, -0.1) is 11.8 Å². The maximum Gasteiger partial charge on any atom is 0.352 e. The highest BCUT2D eigenvalue weighted by Gasteiger charge is 2.54. The highest BCUT2D eigenvalue weighted by molar-refractivity contribution is 8.00. The quantitative estimate of drug-likeness (QED) is 0.292. The molecular formula is C24H26N4O7S2. The number of aromatic hydroxyl groups is 1. The van der Waals surface area contributed by atoms with Crippen molar-refractivity contribution in [3.63, 3.8) is 0 Å². The molecule has 0 radical (unpaired) electrons. The van der Waals surface area contributed by atoms with E-state index in [2.05, 4.69) is 15.4 Å². The highest BCUT2D eigenvalue weighted by Crippen LogP contribution is 2.40. The van der Waals surface area contributed by atoms with Gasteiger partial charge in [0.05, 0.1) is 6.26 Å². The van der Waals surface area contributed by atoms with Gasteiger partial charge in [0.1, 0.15) is 28.9 Å². The molecule has 2 aromatic carbocycles. The number of carbonyl (C=O) groups is 3. The molecule has 196 valence electrons. The molecule has 13 heteroatoms. The van der Waals surface area contributed by atoms with E-state index >= 15 is 0 Å². The number of phenols is 1. The number of fused-ring (bicyclic) bond motifs is 1. The number of para-hydroxylation sites is 1. The van der Waals surface area contributed by atoms with Gasteiger partial charge >= 0.3 is 5.97 Å². The van der Waals surface area contributed by atoms with Crippen LogP contribution in [-0.2, 0) is 31.0 Å². The van der Waals surface area contributed by atoms with Gasteiger partial charge in [-0.1, -0.05) is 30.3 Å². The first-order valence-electron chi connectivity index (χ1n) is 11.2. The summed E-state index contributed by atoms with van der Waals surface area (Å²) in [5, 5.41) is 24.9. The Hall–Kier alpha value is -3.55. The molecule has 1 saturated heterocycles. The summed E-state index contributed by atoms with van der Waals surface area (Å²) < 4.78 is 25.8. The van der Waals surface area contributed by atoms with Crippen LogP contribution in [0.3, 0.4) is 0 Å². The molecule has 4 rings (SSSR count). The van der Waals surface area contributed by atoms with Crippen LogP contribution >= 0.6 is 11.8 Å². The van der Waals surface area contributed by atoms with Crippen LogP contribution in [0.15, 0.2) is 59.8 Å². The van der Waals surface area contributed by atoms with Crippen molar-refractivity contribution >= 4 is 45.3 Å². The Morgan fingerprint density at radius 2 is 1.92 bits per heavy atom. The molecule has 1 fully saturated rings. The summed E-state index contributed by atoms with van der Waals surface area (Å²) in [7, 11) is -3.56. The van der Waals surface area contributed by atoms with Gasteiger partial charge in [0.2, 0.25) is 15.9 Å². The number of carbonyl (C=O) groups excluding carboxylic acids is 2. The summed E-state index contributed by atoms with van der Waals surface area (Å²) >= 11 is 1.36. The number of nitrogens with one attached hydrogen (secondary N) is 3. The van der Waals surface area contributed by atoms with Gasteiger partial charge in [-0.25, -0.2) is 13.2 Å². The van der Waals surface area contributed by atoms with E-state index in [-0.39, 0.29) is 23.7 Å². The number of anilines is 1. The van der Waals surface area contributed by atoms with Crippen LogP contribution in [0.25, 0.3) is 0 Å². The molecule has 0 aliphatic carbocycles. The van der Waals surface area contributed by atoms with Crippen molar-refractivity contribution in [1.29, 1.82) is 0 Å². The first-order valence-corrected chi connectivity index (χ1v) is 14.2. The largest absolute Gasteiger partial charge is 0.508 e. The number of β-lactam (4-membered cyclic amide) rings is 1. The molecule has 2 aromatic rings. The van der Waals surface area contributed by atoms with Gasteiger partial charge in [-0.05, 0) is 36.3 Å². The van der Waals surface area contributed by atoms with Crippen LogP contribution < -0.4 is 15.4 Å². The van der Waals surface area contributed by atoms with E-state index in [1.165, 1.54) is 34.9 Å². The molecule has 2 aliphatic rings. The maximum absolute atomic E-state index is 13.5. The standard InChI is InChI=1S/C24H26N4O7S2/c1-13-12-36-23-19(22(31)28(23)20(13)24(32)33)26-21(30)18(25-11-15-6-3-4-9-17(15)29)14-7-5-8-16(10-14)27-37(2,34)35/h3-10,18-19,23,25,27,29H,11-12H2,1-2H3,(H,26,30)(H,32,33)/t18?,19?,23-/m0/s1. The summed E-state index contributed by atoms with van der Waals surface area (Å²) in [6.07, 6.45) is 1.01. The Bertz CT molecular complexity index is 1390. The number of rotatable bonds is 9. The molecule has 2 amide bonds. The zero-order valence-electron chi connectivity index (χ0n) is 20.0. The third-order valence-electron chi connectivity index (χ3n) is 5.93. The van der Waals surface area contributed by atoms with Gasteiger partial charge in [0.25, 0.3) is 5.91 Å². The predicted octanol–water partition coefficient (Wildman–Crippen LogP) is 1.35. The SMILES string of the molecule is CC1=C(C(=O)O)N2C(=O)C(NC(=O)C(NCc3ccccc3O)c3cccc(NS(C)(=O)=O)c3)[C@@H]2SC1. The third-order valence-corrected chi connectivity index (χ3v) is 7.96. The lowest BCUT2D eigenvalue weighted by Crippen LogP contribution is -2.71. The summed E-state index contributed by atoms with van der Waals surface area (Å²) in [6.45, 7) is 1.75. The van der Waals surface area contributed by atoms with Gasteiger partial charge in [-0.3, -0.25) is 24.5 Å². The number of sulfonamides is 1. The summed E-state index contributed by atoms with van der Waals surface area (Å²) in [5.74, 6) is -1.83. The number of thioether (sulfide) groups is 1. The molecule has 0 saturated carbocycles. The van der Waals surface area contributed by atoms with Crippen molar-refractivity contribution in [3.05, 3.63) is 70.9 Å². The number of aliphatic carboxylic acids is 1. The second kappa shape index (κ2) is 10.4. The van der Waals surface area contributed by atoms with E-state index < -0.39 is 45.3 Å². The topological polar surface area (TPSA) is 165 Å². The minimum Gasteiger partial charge on any atom is -0.508 e. The van der Waals surface area contributed by atoms with Gasteiger partial charge < -0.3 is 15.5 Å². The molecule has 11 nitrogen and oxygen atoms in total. The molecule has 0 bridgehead atoms. The fraction of sp³-hybridized carbons (Fsp3) is 0.292. The molecule has 37 heavy (non-hydrogen) atoms. The number of carboxylic acids is 1. The minimum atomic E-state index is -3.56. The van der Waals surface area contributed by atoms with Crippen molar-refractivity contribution in [2.24, 2.45) is 0 Å². The Kier molecular flexibility index (Phi) is 7.48. The van der Waals surface area contributed by atoms with E-state index in [4.69, 9.17) is 0 Å². The van der Waals surface area contributed by atoms with Gasteiger partial charge in [0.15, 0.2) is 0 Å². The lowest BCUT2D eigenvalue weighted by Gasteiger charge is -2.49. The van der Waals surface area contributed by atoms with E-state index in [9.17, 15) is 33.0 Å². The van der Waals surface area contributed by atoms with Crippen molar-refractivity contribution in [3.8, 4) is 5.75 Å². The smallest absolute Gasteiger partial charge is 0.352 e. The number of amides is 2. The Morgan fingerprint density at radius 1 is 1.19 bits per heavy atom. The fourth-order valence-electron chi connectivity index (χ4n) is 4.24. The molecule has 0 spiro atoms. The summed E-state index contributed by atoms with van der Waals surface area (Å²) in [4.78, 5) is 39.2. The predicted molar refractivity (Wildman–Crippen MR) is 138 cm³/mol. The molecule has 2 heterocycles. The third kappa shape index (κ3) is 5.73. The minimum absolute atomic E-state index is 0.0356. The molecule has 2 unspecified atom stereocenters. The number of benzene rings is 2. The second-order valence-corrected chi connectivity index (χ2v) is 11.6. The fourth-order valence-corrected chi connectivity index (χ4v) is 6.09. The van der Waals surface area contributed by atoms with E-state index in [0.717, 1.165) is 6.26 Å². The number of carboxylic acid groups (broad SMARTS) is 1. The van der Waals surface area contributed by atoms with Gasteiger partial charge in [0, 0.05) is 23.5 Å². The van der Waals surface area contributed by atoms with Crippen molar-refractivity contribution in [2.75, 3.05) is 16.7 Å². The lowest BCUT2D eigenvalue weighted by molar-refractivity contribution is -0.151. The number of nitrogens with zero attached hydrogens (tertiary/aromatic N) is 1. The summed E-state index contributed by atoms with van der Waals surface area (Å²) in [5.41, 5.74) is 1.72. The van der Waals surface area contributed by atoms with Crippen molar-refractivity contribution < 1.29 is 33.0 Å².